The van der Waals surface area contributed by atoms with Crippen molar-refractivity contribution in [3.05, 3.63) is 35.4 Å². The van der Waals surface area contributed by atoms with Crippen molar-refractivity contribution in [3.63, 3.8) is 0 Å². The molecular formula is C10H8F5NO2. The third-order valence-corrected chi connectivity index (χ3v) is 1.77. The summed E-state index contributed by atoms with van der Waals surface area (Å²) in [6.07, 6.45) is -4.98. The molecular weight excluding hydrogens is 261 g/mol. The molecule has 100 valence electrons. The van der Waals surface area contributed by atoms with E-state index in [0.717, 1.165) is 18.2 Å². The highest BCUT2D eigenvalue weighted by Crippen LogP contribution is 2.13. The van der Waals surface area contributed by atoms with E-state index in [9.17, 15) is 26.7 Å². The van der Waals surface area contributed by atoms with Gasteiger partial charge in [0.1, 0.15) is 0 Å². The van der Waals surface area contributed by atoms with Crippen LogP contribution in [0.25, 0.3) is 0 Å². The van der Waals surface area contributed by atoms with E-state index in [1.807, 2.05) is 0 Å². The van der Waals surface area contributed by atoms with E-state index in [4.69, 9.17) is 0 Å². The molecule has 0 atom stereocenters. The summed E-state index contributed by atoms with van der Waals surface area (Å²) in [7, 11) is 0. The van der Waals surface area contributed by atoms with E-state index in [0.29, 0.717) is 0 Å². The second-order valence-corrected chi connectivity index (χ2v) is 3.35. The molecule has 0 fully saturated rings. The highest BCUT2D eigenvalue weighted by Gasteiger charge is 2.28. The van der Waals surface area contributed by atoms with Gasteiger partial charge in [-0.15, -0.1) is 0 Å². The molecule has 0 spiro atoms. The first-order chi connectivity index (χ1) is 8.28. The van der Waals surface area contributed by atoms with Gasteiger partial charge >= 0.3 is 6.18 Å². The Kier molecular flexibility index (Phi) is 4.60. The van der Waals surface area contributed by atoms with Crippen molar-refractivity contribution in [1.29, 1.82) is 0 Å². The van der Waals surface area contributed by atoms with Crippen LogP contribution in [0.3, 0.4) is 0 Å². The first-order valence-electron chi connectivity index (χ1n) is 4.69. The number of rotatable bonds is 4. The molecule has 0 heterocycles. The van der Waals surface area contributed by atoms with E-state index in [1.165, 1.54) is 0 Å². The van der Waals surface area contributed by atoms with Gasteiger partial charge in [0.2, 0.25) is 5.91 Å². The number of hydrogen-bond donors (Lipinski definition) is 1. The Morgan fingerprint density at radius 1 is 1.22 bits per heavy atom. The van der Waals surface area contributed by atoms with Gasteiger partial charge in [-0.3, -0.25) is 9.63 Å². The van der Waals surface area contributed by atoms with Crippen LogP contribution in [0.4, 0.5) is 22.0 Å². The SMILES string of the molecule is O=C(Cc1ccc(F)c(F)c1)NOCC(F)(F)F. The Morgan fingerprint density at radius 2 is 1.89 bits per heavy atom. The fourth-order valence-electron chi connectivity index (χ4n) is 1.07. The number of nitrogens with one attached hydrogen (secondary N) is 1. The average molecular weight is 269 g/mol. The molecule has 1 amide bonds. The quantitative estimate of drug-likeness (QED) is 0.671. The van der Waals surface area contributed by atoms with Crippen molar-refractivity contribution in [2.75, 3.05) is 6.61 Å². The summed E-state index contributed by atoms with van der Waals surface area (Å²) < 4.78 is 60.3. The second kappa shape index (κ2) is 5.76. The summed E-state index contributed by atoms with van der Waals surface area (Å²) in [4.78, 5) is 15.0. The predicted molar refractivity (Wildman–Crippen MR) is 50.2 cm³/mol. The van der Waals surface area contributed by atoms with Gasteiger partial charge in [0, 0.05) is 0 Å². The van der Waals surface area contributed by atoms with E-state index >= 15 is 0 Å². The minimum Gasteiger partial charge on any atom is -0.272 e. The van der Waals surface area contributed by atoms with Crippen LogP contribution in [0.5, 0.6) is 0 Å². The van der Waals surface area contributed by atoms with Crippen molar-refractivity contribution in [1.82, 2.24) is 5.48 Å². The van der Waals surface area contributed by atoms with Gasteiger partial charge in [-0.1, -0.05) is 6.07 Å². The van der Waals surface area contributed by atoms with Crippen LogP contribution >= 0.6 is 0 Å². The number of carbonyl (C=O) groups excluding carboxylic acids is 1. The highest BCUT2D eigenvalue weighted by atomic mass is 19.4. The van der Waals surface area contributed by atoms with Crippen molar-refractivity contribution in [3.8, 4) is 0 Å². The van der Waals surface area contributed by atoms with Crippen LogP contribution in [0.2, 0.25) is 0 Å². The summed E-state index contributed by atoms with van der Waals surface area (Å²) >= 11 is 0. The Labute approximate surface area is 98.5 Å². The largest absolute Gasteiger partial charge is 0.414 e. The fourth-order valence-corrected chi connectivity index (χ4v) is 1.07. The lowest BCUT2D eigenvalue weighted by molar-refractivity contribution is -0.191. The number of hydroxylamine groups is 1. The molecule has 1 N–H and O–H groups in total. The van der Waals surface area contributed by atoms with Crippen LogP contribution in [0, 0.1) is 11.6 Å². The molecule has 18 heavy (non-hydrogen) atoms. The number of alkyl halides is 3. The zero-order chi connectivity index (χ0) is 13.8. The number of halogens is 5. The second-order valence-electron chi connectivity index (χ2n) is 3.35. The van der Waals surface area contributed by atoms with Crippen LogP contribution < -0.4 is 5.48 Å². The molecule has 0 radical (unpaired) electrons. The molecule has 8 heteroatoms. The van der Waals surface area contributed by atoms with E-state index < -0.39 is 36.7 Å². The van der Waals surface area contributed by atoms with E-state index in [2.05, 4.69) is 4.84 Å². The molecule has 1 aromatic rings. The van der Waals surface area contributed by atoms with Gasteiger partial charge in [-0.25, -0.2) is 14.3 Å². The minimum atomic E-state index is -4.56. The summed E-state index contributed by atoms with van der Waals surface area (Å²) in [5.41, 5.74) is 1.66. The molecule has 3 nitrogen and oxygen atoms in total. The third-order valence-electron chi connectivity index (χ3n) is 1.77. The maximum Gasteiger partial charge on any atom is 0.414 e. The lowest BCUT2D eigenvalue weighted by Crippen LogP contribution is -2.30. The molecule has 0 bridgehead atoms. The van der Waals surface area contributed by atoms with Gasteiger partial charge in [0.15, 0.2) is 18.2 Å². The van der Waals surface area contributed by atoms with Crippen molar-refractivity contribution in [2.45, 2.75) is 12.6 Å². The molecule has 0 aliphatic carbocycles. The van der Waals surface area contributed by atoms with Crippen LogP contribution in [-0.4, -0.2) is 18.7 Å². The fraction of sp³-hybridized carbons (Fsp3) is 0.300. The molecule has 0 unspecified atom stereocenters. The van der Waals surface area contributed by atoms with Crippen molar-refractivity contribution >= 4 is 5.91 Å². The number of amides is 1. The Hall–Kier alpha value is -1.70. The number of carbonyl (C=O) groups is 1. The van der Waals surface area contributed by atoms with Crippen LogP contribution in [0.1, 0.15) is 5.56 Å². The van der Waals surface area contributed by atoms with Crippen LogP contribution in [0.15, 0.2) is 18.2 Å². The summed E-state index contributed by atoms with van der Waals surface area (Å²) in [5.74, 6) is -3.12. The van der Waals surface area contributed by atoms with Crippen molar-refractivity contribution in [2.24, 2.45) is 0 Å². The van der Waals surface area contributed by atoms with Gasteiger partial charge in [-0.2, -0.15) is 13.2 Å². The Bertz CT molecular complexity index is 433. The standard InChI is InChI=1S/C10H8F5NO2/c11-7-2-1-6(3-8(7)12)4-9(17)16-18-5-10(13,14)15/h1-3H,4-5H2,(H,16,17). The summed E-state index contributed by atoms with van der Waals surface area (Å²) in [5, 5.41) is 0. The maximum absolute atomic E-state index is 12.8. The summed E-state index contributed by atoms with van der Waals surface area (Å²) in [6.45, 7) is -1.63. The zero-order valence-corrected chi connectivity index (χ0v) is 8.85. The molecule has 1 aromatic carbocycles. The number of hydrogen-bond acceptors (Lipinski definition) is 2. The zero-order valence-electron chi connectivity index (χ0n) is 8.85. The van der Waals surface area contributed by atoms with Gasteiger partial charge in [-0.05, 0) is 17.7 Å². The molecule has 0 saturated heterocycles. The molecule has 0 aromatic heterocycles. The predicted octanol–water partition coefficient (Wildman–Crippen LogP) is 2.12. The topological polar surface area (TPSA) is 38.3 Å². The monoisotopic (exact) mass is 269 g/mol. The lowest BCUT2D eigenvalue weighted by atomic mass is 10.1. The molecule has 0 saturated carbocycles. The molecule has 1 rings (SSSR count). The van der Waals surface area contributed by atoms with E-state index in [1.54, 1.807) is 5.48 Å². The molecule has 0 aliphatic heterocycles. The average Bonchev–Trinajstić information content (AvgIpc) is 2.21. The highest BCUT2D eigenvalue weighted by molar-refractivity contribution is 5.77. The first-order valence-corrected chi connectivity index (χ1v) is 4.69. The third kappa shape index (κ3) is 5.09. The van der Waals surface area contributed by atoms with Crippen LogP contribution in [-0.2, 0) is 16.1 Å². The summed E-state index contributed by atoms with van der Waals surface area (Å²) in [6, 6.07) is 2.73. The lowest BCUT2D eigenvalue weighted by Gasteiger charge is -2.08. The Morgan fingerprint density at radius 3 is 2.44 bits per heavy atom. The minimum absolute atomic E-state index is 0.113. The van der Waals surface area contributed by atoms with E-state index in [-0.39, 0.29) is 5.56 Å². The van der Waals surface area contributed by atoms with Crippen molar-refractivity contribution < 1.29 is 31.6 Å². The smallest absolute Gasteiger partial charge is 0.272 e. The van der Waals surface area contributed by atoms with Gasteiger partial charge in [0.05, 0.1) is 6.42 Å². The normalized spacial score (nSPS) is 11.4. The van der Waals surface area contributed by atoms with Gasteiger partial charge < -0.3 is 0 Å². The Balaban J connectivity index is 2.42. The maximum atomic E-state index is 12.8. The number of benzene rings is 1. The van der Waals surface area contributed by atoms with Gasteiger partial charge in [0.25, 0.3) is 0 Å². The molecule has 0 aliphatic rings. The first kappa shape index (κ1) is 14.4.